The Labute approximate surface area is 167 Å². The molecule has 2 aromatic rings. The van der Waals surface area contributed by atoms with Crippen LogP contribution in [0.5, 0.6) is 17.6 Å². The van der Waals surface area contributed by atoms with Gasteiger partial charge in [0.25, 0.3) is 5.91 Å². The lowest BCUT2D eigenvalue weighted by Gasteiger charge is -2.32. The molecule has 1 aromatic carbocycles. The van der Waals surface area contributed by atoms with Gasteiger partial charge in [0, 0.05) is 23.8 Å². The van der Waals surface area contributed by atoms with Gasteiger partial charge in [0.1, 0.15) is 11.9 Å². The number of halogens is 2. The van der Waals surface area contributed by atoms with Crippen molar-refractivity contribution in [1.29, 1.82) is 0 Å². The monoisotopic (exact) mass is 411 g/mol. The van der Waals surface area contributed by atoms with E-state index in [1.165, 1.54) is 7.11 Å². The predicted molar refractivity (Wildman–Crippen MR) is 101 cm³/mol. The van der Waals surface area contributed by atoms with Crippen molar-refractivity contribution in [3.8, 4) is 17.6 Å². The van der Waals surface area contributed by atoms with E-state index in [2.05, 4.69) is 9.97 Å². The second kappa shape index (κ2) is 9.10. The molecule has 9 heteroatoms. The van der Waals surface area contributed by atoms with Crippen molar-refractivity contribution >= 4 is 29.1 Å². The fraction of sp³-hybridized carbons (Fsp3) is 0.389. The third-order valence-corrected chi connectivity index (χ3v) is 4.58. The predicted octanol–water partition coefficient (Wildman–Crippen LogP) is 3.24. The number of nitrogens with zero attached hydrogens (tertiary/aromatic N) is 3. The smallest absolute Gasteiger partial charge is 0.319 e. The van der Waals surface area contributed by atoms with Crippen LogP contribution in [0.4, 0.5) is 0 Å². The van der Waals surface area contributed by atoms with Crippen LogP contribution >= 0.6 is 23.2 Å². The van der Waals surface area contributed by atoms with Crippen molar-refractivity contribution in [3.63, 3.8) is 0 Å². The van der Waals surface area contributed by atoms with Crippen LogP contribution in [0.2, 0.25) is 10.0 Å². The Balaban J connectivity index is 1.54. The molecule has 144 valence electrons. The quantitative estimate of drug-likeness (QED) is 0.726. The Bertz CT molecular complexity index is 806. The average molecular weight is 412 g/mol. The maximum atomic E-state index is 12.5. The molecule has 3 rings (SSSR count). The number of hydrogen-bond donors (Lipinski definition) is 0. The number of hydrogen-bond acceptors (Lipinski definition) is 6. The highest BCUT2D eigenvalue weighted by Crippen LogP contribution is 2.27. The van der Waals surface area contributed by atoms with E-state index in [-0.39, 0.29) is 24.6 Å². The molecule has 0 bridgehead atoms. The van der Waals surface area contributed by atoms with Gasteiger partial charge in [-0.2, -0.15) is 4.98 Å². The molecule has 1 unspecified atom stereocenters. The Morgan fingerprint density at radius 2 is 2.19 bits per heavy atom. The highest BCUT2D eigenvalue weighted by molar-refractivity contribution is 6.35. The summed E-state index contributed by atoms with van der Waals surface area (Å²) in [6.07, 6.45) is 3.08. The molecular weight excluding hydrogens is 393 g/mol. The van der Waals surface area contributed by atoms with Crippen LogP contribution in [0.1, 0.15) is 12.8 Å². The van der Waals surface area contributed by atoms with E-state index >= 15 is 0 Å². The van der Waals surface area contributed by atoms with E-state index in [0.717, 1.165) is 12.8 Å². The summed E-state index contributed by atoms with van der Waals surface area (Å²) in [4.78, 5) is 22.3. The van der Waals surface area contributed by atoms with E-state index in [1.807, 2.05) is 0 Å². The number of ether oxygens (including phenoxy) is 3. The zero-order valence-corrected chi connectivity index (χ0v) is 16.2. The number of amides is 1. The van der Waals surface area contributed by atoms with Gasteiger partial charge >= 0.3 is 6.01 Å². The average Bonchev–Trinajstić information content (AvgIpc) is 2.67. The number of carbonyl (C=O) groups is 1. The van der Waals surface area contributed by atoms with Crippen molar-refractivity contribution < 1.29 is 19.0 Å². The van der Waals surface area contributed by atoms with Crippen LogP contribution in [0.15, 0.2) is 30.5 Å². The van der Waals surface area contributed by atoms with Crippen molar-refractivity contribution in [2.45, 2.75) is 18.9 Å². The van der Waals surface area contributed by atoms with E-state index in [9.17, 15) is 4.79 Å². The maximum Gasteiger partial charge on any atom is 0.319 e. The molecule has 0 N–H and O–H groups in total. The van der Waals surface area contributed by atoms with Crippen LogP contribution in [-0.4, -0.2) is 53.7 Å². The van der Waals surface area contributed by atoms with Crippen LogP contribution in [0.3, 0.4) is 0 Å². The summed E-state index contributed by atoms with van der Waals surface area (Å²) in [5, 5.41) is 0.879. The standard InChI is InChI=1S/C18H19Cl2N3O4/c1-25-18-21-7-6-16(22-18)27-13-3-2-8-23(10-13)17(24)11-26-15-5-4-12(19)9-14(15)20/h4-7,9,13H,2-3,8,10-11H2,1H3. The number of piperidine rings is 1. The summed E-state index contributed by atoms with van der Waals surface area (Å²) in [5.74, 6) is 0.715. The first kappa shape index (κ1) is 19.5. The van der Waals surface area contributed by atoms with Crippen molar-refractivity contribution in [2.75, 3.05) is 26.8 Å². The normalized spacial score (nSPS) is 16.7. The van der Waals surface area contributed by atoms with Gasteiger partial charge in [0.05, 0.1) is 18.7 Å². The fourth-order valence-corrected chi connectivity index (χ4v) is 3.21. The molecule has 1 saturated heterocycles. The topological polar surface area (TPSA) is 73.8 Å². The fourth-order valence-electron chi connectivity index (χ4n) is 2.74. The summed E-state index contributed by atoms with van der Waals surface area (Å²) >= 11 is 11.9. The zero-order chi connectivity index (χ0) is 19.2. The van der Waals surface area contributed by atoms with Gasteiger partial charge in [-0.15, -0.1) is 0 Å². The molecule has 1 aliphatic heterocycles. The van der Waals surface area contributed by atoms with Gasteiger partial charge in [-0.05, 0) is 31.0 Å². The lowest BCUT2D eigenvalue weighted by Crippen LogP contribution is -2.46. The summed E-state index contributed by atoms with van der Waals surface area (Å²) in [6.45, 7) is 1.02. The van der Waals surface area contributed by atoms with E-state index in [4.69, 9.17) is 37.4 Å². The Hall–Kier alpha value is -2.25. The number of benzene rings is 1. The minimum Gasteiger partial charge on any atom is -0.482 e. The largest absolute Gasteiger partial charge is 0.482 e. The molecule has 7 nitrogen and oxygen atoms in total. The second-order valence-electron chi connectivity index (χ2n) is 5.97. The van der Waals surface area contributed by atoms with Crippen molar-refractivity contribution in [1.82, 2.24) is 14.9 Å². The molecule has 1 atom stereocenters. The minimum atomic E-state index is -0.151. The van der Waals surface area contributed by atoms with Gasteiger partial charge < -0.3 is 19.1 Å². The van der Waals surface area contributed by atoms with Gasteiger partial charge in [-0.3, -0.25) is 4.79 Å². The molecule has 0 aliphatic carbocycles. The van der Waals surface area contributed by atoms with E-state index in [0.29, 0.717) is 34.8 Å². The third kappa shape index (κ3) is 5.37. The molecule has 1 fully saturated rings. The molecule has 27 heavy (non-hydrogen) atoms. The summed E-state index contributed by atoms with van der Waals surface area (Å²) in [6, 6.07) is 6.78. The number of likely N-dealkylation sites (tertiary alicyclic amines) is 1. The van der Waals surface area contributed by atoms with Crippen LogP contribution in [0, 0.1) is 0 Å². The van der Waals surface area contributed by atoms with E-state index < -0.39 is 0 Å². The Morgan fingerprint density at radius 1 is 1.33 bits per heavy atom. The molecule has 0 saturated carbocycles. The highest BCUT2D eigenvalue weighted by atomic mass is 35.5. The van der Waals surface area contributed by atoms with Crippen LogP contribution in [-0.2, 0) is 4.79 Å². The first-order valence-electron chi connectivity index (χ1n) is 8.44. The lowest BCUT2D eigenvalue weighted by atomic mass is 10.1. The Morgan fingerprint density at radius 3 is 2.96 bits per heavy atom. The number of methoxy groups -OCH3 is 1. The van der Waals surface area contributed by atoms with Gasteiger partial charge in [0.15, 0.2) is 6.61 Å². The number of carbonyl (C=O) groups excluding carboxylic acids is 1. The molecular formula is C18H19Cl2N3O4. The number of rotatable bonds is 6. The summed E-state index contributed by atoms with van der Waals surface area (Å²) in [7, 11) is 1.49. The van der Waals surface area contributed by atoms with Crippen molar-refractivity contribution in [2.24, 2.45) is 0 Å². The second-order valence-corrected chi connectivity index (χ2v) is 6.81. The SMILES string of the molecule is COc1nccc(OC2CCCN(C(=O)COc3ccc(Cl)cc3Cl)C2)n1. The van der Waals surface area contributed by atoms with Gasteiger partial charge in [-0.25, -0.2) is 4.98 Å². The van der Waals surface area contributed by atoms with Gasteiger partial charge in [0.2, 0.25) is 5.88 Å². The summed E-state index contributed by atoms with van der Waals surface area (Å²) < 4.78 is 16.4. The molecule has 1 aromatic heterocycles. The van der Waals surface area contributed by atoms with Crippen LogP contribution in [0.25, 0.3) is 0 Å². The molecule has 2 heterocycles. The molecule has 1 aliphatic rings. The van der Waals surface area contributed by atoms with Crippen LogP contribution < -0.4 is 14.2 Å². The van der Waals surface area contributed by atoms with E-state index in [1.54, 1.807) is 35.4 Å². The first-order valence-corrected chi connectivity index (χ1v) is 9.20. The minimum absolute atomic E-state index is 0.102. The third-order valence-electron chi connectivity index (χ3n) is 4.05. The summed E-state index contributed by atoms with van der Waals surface area (Å²) in [5.41, 5.74) is 0. The maximum absolute atomic E-state index is 12.5. The van der Waals surface area contributed by atoms with Gasteiger partial charge in [-0.1, -0.05) is 23.2 Å². The number of aromatic nitrogens is 2. The highest BCUT2D eigenvalue weighted by Gasteiger charge is 2.25. The molecule has 0 spiro atoms. The lowest BCUT2D eigenvalue weighted by molar-refractivity contribution is -0.136. The Kier molecular flexibility index (Phi) is 6.58. The zero-order valence-electron chi connectivity index (χ0n) is 14.7. The molecule has 0 radical (unpaired) electrons. The molecule has 1 amide bonds. The van der Waals surface area contributed by atoms with Crippen molar-refractivity contribution in [3.05, 3.63) is 40.5 Å². The first-order chi connectivity index (χ1) is 13.0.